The van der Waals surface area contributed by atoms with Crippen LogP contribution < -0.4 is 15.0 Å². The fourth-order valence-electron chi connectivity index (χ4n) is 6.06. The first-order valence-electron chi connectivity index (χ1n) is 11.4. The van der Waals surface area contributed by atoms with Gasteiger partial charge in [0.25, 0.3) is 0 Å². The maximum atomic E-state index is 12.2. The van der Waals surface area contributed by atoms with Crippen LogP contribution in [0.1, 0.15) is 42.4 Å². The lowest BCUT2D eigenvalue weighted by Gasteiger charge is -2.42. The number of benzene rings is 2. The second-order valence-corrected chi connectivity index (χ2v) is 9.27. The Morgan fingerprint density at radius 2 is 2.13 bits per heavy atom. The largest absolute Gasteiger partial charge is 0.493 e. The van der Waals surface area contributed by atoms with Gasteiger partial charge in [-0.25, -0.2) is 0 Å². The van der Waals surface area contributed by atoms with Gasteiger partial charge >= 0.3 is 0 Å². The zero-order chi connectivity index (χ0) is 20.2. The molecule has 1 fully saturated rings. The van der Waals surface area contributed by atoms with Crippen LogP contribution in [0.4, 0.5) is 11.4 Å². The van der Waals surface area contributed by atoms with Crippen molar-refractivity contribution in [1.29, 1.82) is 0 Å². The molecule has 1 unspecified atom stereocenters. The van der Waals surface area contributed by atoms with E-state index in [9.17, 15) is 4.79 Å². The number of para-hydroxylation sites is 2. The van der Waals surface area contributed by atoms with Gasteiger partial charge in [0.15, 0.2) is 0 Å². The molecule has 0 aliphatic carbocycles. The SMILES string of the molecule is CC(CCc1cccc2c1OCC2)N1CC[C@H]2[C@@H](C1)c1cccc3c1N2CC(=O)N3. The minimum Gasteiger partial charge on any atom is -0.493 e. The van der Waals surface area contributed by atoms with Crippen molar-refractivity contribution >= 4 is 17.3 Å². The van der Waals surface area contributed by atoms with E-state index in [1.165, 1.54) is 22.4 Å². The van der Waals surface area contributed by atoms with Gasteiger partial charge in [0.2, 0.25) is 5.91 Å². The quantitative estimate of drug-likeness (QED) is 0.848. The molecule has 0 bridgehead atoms. The van der Waals surface area contributed by atoms with E-state index in [4.69, 9.17) is 4.74 Å². The molecule has 6 rings (SSSR count). The third-order valence-electron chi connectivity index (χ3n) is 7.60. The van der Waals surface area contributed by atoms with Crippen molar-refractivity contribution in [2.75, 3.05) is 36.5 Å². The highest BCUT2D eigenvalue weighted by molar-refractivity contribution is 6.03. The lowest BCUT2D eigenvalue weighted by atomic mass is 9.88. The highest BCUT2D eigenvalue weighted by Gasteiger charge is 2.45. The number of rotatable bonds is 4. The standard InChI is InChI=1S/C25H29N3O2/c1-16(8-9-17-4-2-5-18-11-13-30-25(17)18)27-12-10-22-20(14-27)19-6-3-7-21-24(19)28(22)15-23(29)26-21/h2-7,16,20,22H,8-15H2,1H3,(H,26,29)/t16?,20-,22-/m0/s1. The van der Waals surface area contributed by atoms with Gasteiger partial charge in [-0.1, -0.05) is 30.3 Å². The molecule has 5 nitrogen and oxygen atoms in total. The number of ether oxygens (including phenoxy) is 1. The predicted octanol–water partition coefficient (Wildman–Crippen LogP) is 3.57. The van der Waals surface area contributed by atoms with Gasteiger partial charge in [-0.15, -0.1) is 0 Å². The molecule has 1 saturated heterocycles. The first-order valence-corrected chi connectivity index (χ1v) is 11.4. The lowest BCUT2D eigenvalue weighted by molar-refractivity contribution is -0.115. The molecule has 2 aromatic rings. The Balaban J connectivity index is 1.17. The molecule has 4 aliphatic rings. The van der Waals surface area contributed by atoms with E-state index in [0.29, 0.717) is 24.5 Å². The van der Waals surface area contributed by atoms with Gasteiger partial charge in [0.05, 0.1) is 24.5 Å². The molecule has 1 N–H and O–H groups in total. The molecule has 5 heteroatoms. The second kappa shape index (κ2) is 7.02. The zero-order valence-corrected chi connectivity index (χ0v) is 17.6. The third-order valence-corrected chi connectivity index (χ3v) is 7.60. The predicted molar refractivity (Wildman–Crippen MR) is 119 cm³/mol. The molecule has 0 aromatic heterocycles. The molecule has 0 spiro atoms. The number of nitrogens with zero attached hydrogens (tertiary/aromatic N) is 2. The van der Waals surface area contributed by atoms with Crippen LogP contribution in [0.5, 0.6) is 5.75 Å². The van der Waals surface area contributed by atoms with Crippen molar-refractivity contribution in [2.24, 2.45) is 0 Å². The number of nitrogens with one attached hydrogen (secondary N) is 1. The molecule has 1 amide bonds. The third kappa shape index (κ3) is 2.83. The zero-order valence-electron chi connectivity index (χ0n) is 17.6. The van der Waals surface area contributed by atoms with Crippen LogP contribution in [-0.2, 0) is 17.6 Å². The van der Waals surface area contributed by atoms with Crippen LogP contribution in [0.25, 0.3) is 0 Å². The summed E-state index contributed by atoms with van der Waals surface area (Å²) in [5.41, 5.74) is 6.43. The van der Waals surface area contributed by atoms with Crippen molar-refractivity contribution in [3.8, 4) is 5.75 Å². The Kier molecular flexibility index (Phi) is 4.27. The smallest absolute Gasteiger partial charge is 0.243 e. The highest BCUT2D eigenvalue weighted by atomic mass is 16.5. The van der Waals surface area contributed by atoms with Gasteiger partial charge in [0, 0.05) is 37.5 Å². The normalized spacial score (nSPS) is 25.2. The van der Waals surface area contributed by atoms with Crippen LogP contribution in [-0.4, -0.2) is 49.1 Å². The summed E-state index contributed by atoms with van der Waals surface area (Å²) in [5, 5.41) is 3.07. The van der Waals surface area contributed by atoms with Gasteiger partial charge in [0.1, 0.15) is 5.75 Å². The average Bonchev–Trinajstić information content (AvgIpc) is 3.36. The minimum absolute atomic E-state index is 0.119. The van der Waals surface area contributed by atoms with E-state index < -0.39 is 0 Å². The Hall–Kier alpha value is -2.53. The number of hydrogen-bond acceptors (Lipinski definition) is 4. The van der Waals surface area contributed by atoms with Crippen LogP contribution in [0.3, 0.4) is 0 Å². The van der Waals surface area contributed by atoms with Gasteiger partial charge in [-0.2, -0.15) is 0 Å². The molecule has 30 heavy (non-hydrogen) atoms. The number of likely N-dealkylation sites (tertiary alicyclic amines) is 1. The monoisotopic (exact) mass is 403 g/mol. The Bertz CT molecular complexity index is 1000. The molecule has 4 heterocycles. The van der Waals surface area contributed by atoms with Crippen molar-refractivity contribution < 1.29 is 9.53 Å². The van der Waals surface area contributed by atoms with Crippen molar-refractivity contribution in [3.63, 3.8) is 0 Å². The lowest BCUT2D eigenvalue weighted by Crippen LogP contribution is -2.51. The number of piperidine rings is 1. The van der Waals surface area contributed by atoms with Crippen molar-refractivity contribution in [2.45, 2.75) is 50.6 Å². The number of carbonyl (C=O) groups is 1. The summed E-state index contributed by atoms with van der Waals surface area (Å²) in [6, 6.07) is 14.0. The maximum Gasteiger partial charge on any atom is 0.243 e. The first-order chi connectivity index (χ1) is 14.7. The molecule has 0 saturated carbocycles. The number of amides is 1. The minimum atomic E-state index is 0.119. The van der Waals surface area contributed by atoms with Crippen LogP contribution in [0.2, 0.25) is 0 Å². The molecular formula is C25H29N3O2. The van der Waals surface area contributed by atoms with E-state index in [1.54, 1.807) is 0 Å². The Morgan fingerprint density at radius 1 is 1.23 bits per heavy atom. The summed E-state index contributed by atoms with van der Waals surface area (Å²) >= 11 is 0. The van der Waals surface area contributed by atoms with E-state index >= 15 is 0 Å². The molecule has 0 radical (unpaired) electrons. The van der Waals surface area contributed by atoms with E-state index in [-0.39, 0.29) is 5.91 Å². The van der Waals surface area contributed by atoms with E-state index in [0.717, 1.165) is 56.8 Å². The first kappa shape index (κ1) is 18.3. The summed E-state index contributed by atoms with van der Waals surface area (Å²) in [5.74, 6) is 1.76. The van der Waals surface area contributed by atoms with Gasteiger partial charge in [-0.3, -0.25) is 9.69 Å². The fourth-order valence-corrected chi connectivity index (χ4v) is 6.06. The van der Waals surface area contributed by atoms with Crippen LogP contribution in [0, 0.1) is 0 Å². The van der Waals surface area contributed by atoms with Gasteiger partial charge in [-0.05, 0) is 48.9 Å². The molecular weight excluding hydrogens is 374 g/mol. The summed E-state index contributed by atoms with van der Waals surface area (Å²) < 4.78 is 5.90. The fraction of sp³-hybridized carbons (Fsp3) is 0.480. The van der Waals surface area contributed by atoms with Crippen molar-refractivity contribution in [3.05, 3.63) is 53.1 Å². The Morgan fingerprint density at radius 3 is 3.07 bits per heavy atom. The maximum absolute atomic E-state index is 12.2. The summed E-state index contributed by atoms with van der Waals surface area (Å²) in [6.45, 7) is 5.88. The van der Waals surface area contributed by atoms with E-state index in [1.807, 2.05) is 6.07 Å². The number of aryl methyl sites for hydroxylation is 1. The topological polar surface area (TPSA) is 44.8 Å². The summed E-state index contributed by atoms with van der Waals surface area (Å²) in [4.78, 5) is 17.2. The van der Waals surface area contributed by atoms with Crippen LogP contribution >= 0.6 is 0 Å². The molecule has 2 aromatic carbocycles. The number of fused-ring (bicyclic) bond motifs is 4. The number of carbonyl (C=O) groups excluding carboxylic acids is 1. The highest BCUT2D eigenvalue weighted by Crippen LogP contribution is 2.49. The molecule has 156 valence electrons. The average molecular weight is 404 g/mol. The van der Waals surface area contributed by atoms with Crippen molar-refractivity contribution in [1.82, 2.24) is 4.90 Å². The number of hydrogen-bond donors (Lipinski definition) is 1. The Labute approximate surface area is 178 Å². The van der Waals surface area contributed by atoms with E-state index in [2.05, 4.69) is 52.4 Å². The van der Waals surface area contributed by atoms with Crippen LogP contribution in [0.15, 0.2) is 36.4 Å². The number of anilines is 2. The molecule has 4 aliphatic heterocycles. The molecule has 3 atom stereocenters. The summed E-state index contributed by atoms with van der Waals surface area (Å²) in [7, 11) is 0. The second-order valence-electron chi connectivity index (χ2n) is 9.27. The van der Waals surface area contributed by atoms with Gasteiger partial charge < -0.3 is 15.0 Å². The summed E-state index contributed by atoms with van der Waals surface area (Å²) in [6.07, 6.45) is 4.39.